The number of ether oxygens (including phenoxy) is 4. The number of fused-ring (bicyclic) bond motifs is 6. The third kappa shape index (κ3) is 9.89. The van der Waals surface area contributed by atoms with Gasteiger partial charge < -0.3 is 55.2 Å². The Bertz CT molecular complexity index is 2730. The minimum atomic E-state index is -2.01. The first-order valence-electron chi connectivity index (χ1n) is 23.0. The smallest absolute Gasteiger partial charge is 0.343 e. The number of carbonyl (C=O) groups excluding carboxylic acids is 8. The van der Waals surface area contributed by atoms with Gasteiger partial charge in [0.25, 0.3) is 17.4 Å². The number of nitrogens with one attached hydrogen (secondary N) is 5. The second-order valence-corrected chi connectivity index (χ2v) is 17.8. The molecular formula is C47H54N8O14. The van der Waals surface area contributed by atoms with Crippen LogP contribution >= 0.6 is 0 Å². The summed E-state index contributed by atoms with van der Waals surface area (Å²) in [6.07, 6.45) is 4.60. The van der Waals surface area contributed by atoms with Crippen molar-refractivity contribution in [2.45, 2.75) is 122 Å². The molecule has 7 amide bonds. The lowest BCUT2D eigenvalue weighted by atomic mass is 9.86. The number of nitrogens with zero attached hydrogens (tertiary/aromatic N) is 3. The Labute approximate surface area is 394 Å². The van der Waals surface area contributed by atoms with Crippen molar-refractivity contribution in [2.75, 3.05) is 20.1 Å². The average molecular weight is 955 g/mol. The van der Waals surface area contributed by atoms with E-state index in [4.69, 9.17) is 23.9 Å². The Morgan fingerprint density at radius 3 is 2.17 bits per heavy atom. The number of carbonyl (C=O) groups is 8. The largest absolute Gasteiger partial charge is 0.458 e. The molecule has 8 rings (SSSR count). The van der Waals surface area contributed by atoms with E-state index >= 15 is 0 Å². The summed E-state index contributed by atoms with van der Waals surface area (Å²) in [5.41, 5.74) is 0.500. The summed E-state index contributed by atoms with van der Waals surface area (Å²) in [4.78, 5) is 121. The van der Waals surface area contributed by atoms with E-state index in [1.54, 1.807) is 25.1 Å². The lowest BCUT2D eigenvalue weighted by molar-refractivity contribution is -0.172. The van der Waals surface area contributed by atoms with Crippen molar-refractivity contribution in [1.82, 2.24) is 41.0 Å². The molecule has 1 unspecified atom stereocenters. The van der Waals surface area contributed by atoms with Crippen molar-refractivity contribution in [3.8, 4) is 22.9 Å². The van der Waals surface area contributed by atoms with E-state index in [0.717, 1.165) is 4.90 Å². The van der Waals surface area contributed by atoms with Crippen LogP contribution in [-0.4, -0.2) is 111 Å². The monoisotopic (exact) mass is 954 g/mol. The van der Waals surface area contributed by atoms with Crippen LogP contribution in [0.5, 0.6) is 11.5 Å². The Balaban J connectivity index is 0.834. The Morgan fingerprint density at radius 1 is 0.826 bits per heavy atom. The third-order valence-corrected chi connectivity index (χ3v) is 13.0. The summed E-state index contributed by atoms with van der Waals surface area (Å²) in [6, 6.07) is 1.99. The Kier molecular flexibility index (Phi) is 13.8. The van der Waals surface area contributed by atoms with Gasteiger partial charge >= 0.3 is 5.97 Å². The molecule has 6 N–H and O–H groups in total. The fraction of sp³-hybridized carbons (Fsp3) is 0.489. The number of unbranched alkanes of at least 4 members (excludes halogenated alkanes) is 2. The van der Waals surface area contributed by atoms with Crippen molar-refractivity contribution in [1.29, 1.82) is 0 Å². The van der Waals surface area contributed by atoms with Crippen LogP contribution in [0.1, 0.15) is 94.9 Å². The number of cyclic esters (lactones) is 1. The molecule has 0 bridgehead atoms. The highest BCUT2D eigenvalue weighted by atomic mass is 16.7. The van der Waals surface area contributed by atoms with E-state index in [2.05, 4.69) is 26.6 Å². The zero-order chi connectivity index (χ0) is 49.3. The van der Waals surface area contributed by atoms with E-state index in [0.29, 0.717) is 77.0 Å². The van der Waals surface area contributed by atoms with Crippen molar-refractivity contribution < 1.29 is 62.4 Å². The van der Waals surface area contributed by atoms with Crippen LogP contribution in [0, 0.1) is 5.92 Å². The van der Waals surface area contributed by atoms with Gasteiger partial charge in [0, 0.05) is 54.2 Å². The molecule has 0 radical (unpaired) electrons. The lowest BCUT2D eigenvalue weighted by Crippen LogP contribution is -2.54. The molecule has 1 saturated carbocycles. The average Bonchev–Trinajstić information content (AvgIpc) is 3.82. The number of hydrogen-bond acceptors (Lipinski definition) is 15. The topological polar surface area (TPSA) is 292 Å². The fourth-order valence-electron chi connectivity index (χ4n) is 8.78. The molecule has 0 spiro atoms. The third-order valence-electron chi connectivity index (χ3n) is 13.0. The van der Waals surface area contributed by atoms with Crippen LogP contribution in [0.25, 0.3) is 22.3 Å². The van der Waals surface area contributed by atoms with Crippen LogP contribution in [0.2, 0.25) is 0 Å². The first-order valence-corrected chi connectivity index (χ1v) is 23.0. The van der Waals surface area contributed by atoms with Gasteiger partial charge in [-0.2, -0.15) is 0 Å². The van der Waals surface area contributed by atoms with Gasteiger partial charge in [0.1, 0.15) is 37.6 Å². The summed E-state index contributed by atoms with van der Waals surface area (Å²) < 4.78 is 24.0. The maximum absolute atomic E-state index is 13.9. The minimum absolute atomic E-state index is 0.00862. The van der Waals surface area contributed by atoms with Crippen molar-refractivity contribution >= 4 is 58.2 Å². The molecule has 22 heteroatoms. The van der Waals surface area contributed by atoms with E-state index in [9.17, 15) is 48.3 Å². The van der Waals surface area contributed by atoms with Gasteiger partial charge in [-0.05, 0) is 76.5 Å². The highest BCUT2D eigenvalue weighted by Crippen LogP contribution is 2.43. The summed E-state index contributed by atoms with van der Waals surface area (Å²) in [5.74, 6) is -3.46. The first kappa shape index (κ1) is 48.3. The van der Waals surface area contributed by atoms with E-state index < -0.39 is 65.0 Å². The normalized spacial score (nSPS) is 19.2. The second-order valence-electron chi connectivity index (χ2n) is 17.8. The van der Waals surface area contributed by atoms with Gasteiger partial charge in [-0.25, -0.2) is 9.78 Å². The number of hydrogen-bond donors (Lipinski definition) is 6. The van der Waals surface area contributed by atoms with Crippen LogP contribution in [-0.2, 0) is 73.1 Å². The molecule has 1 fully saturated rings. The standard InChI is InChI=1S/C47H54N8O14/c1-5-47(65)31-16-33-39-29(19-55(33)45(63)30(31)20-66-46(47)64)28(27-15-34-35(69-22-68-34)17-32(27)53-39)18-48-44(62)40(26-10-11-26)67-21-49-41(59)23(2)51-43(61)25(4)52-42(60)24(3)50-36(56)9-7-6-8-14-54-37(57)12-13-38(54)58/h12-13,15-17,23-26,40,65H,5-11,14,18-22H2,1-4H3,(H,48,62)(H,49,59)(H,50,56)(H,51,61)(H,52,60)/t23-,24-,25-,40?,47-/m0/s1. The number of rotatable bonds is 20. The molecule has 5 atom stereocenters. The molecule has 366 valence electrons. The summed E-state index contributed by atoms with van der Waals surface area (Å²) in [5, 5.41) is 25.2. The number of aromatic nitrogens is 2. The van der Waals surface area contributed by atoms with Crippen molar-refractivity contribution in [3.63, 3.8) is 0 Å². The van der Waals surface area contributed by atoms with E-state index in [-0.39, 0.29) is 87.4 Å². The zero-order valence-corrected chi connectivity index (χ0v) is 38.6. The Morgan fingerprint density at radius 2 is 1.49 bits per heavy atom. The van der Waals surface area contributed by atoms with Crippen LogP contribution in [0.15, 0.2) is 35.1 Å². The van der Waals surface area contributed by atoms with Gasteiger partial charge in [0.05, 0.1) is 29.0 Å². The SMILES string of the molecule is CC[C@@]1(O)C(=O)OCc2c1cc1n(c2=O)Cc2c-1nc1cc3c(cc1c2CNC(=O)C(OCNC(=O)[C@H](C)NC(=O)[C@H](C)NC(=O)[C@H](C)NC(=O)CCCCCN1C(=O)C=CC1=O)C1CC1)OCO3. The molecule has 1 aromatic carbocycles. The van der Waals surface area contributed by atoms with Crippen molar-refractivity contribution in [2.24, 2.45) is 5.92 Å². The van der Waals surface area contributed by atoms with E-state index in [1.165, 1.54) is 37.5 Å². The number of pyridine rings is 2. The van der Waals surface area contributed by atoms with Crippen molar-refractivity contribution in [3.05, 3.63) is 63.0 Å². The molecular weight excluding hydrogens is 901 g/mol. The summed E-state index contributed by atoms with van der Waals surface area (Å²) in [6.45, 7) is 5.64. The number of benzene rings is 1. The minimum Gasteiger partial charge on any atom is -0.458 e. The predicted molar refractivity (Wildman–Crippen MR) is 240 cm³/mol. The molecule has 69 heavy (non-hydrogen) atoms. The van der Waals surface area contributed by atoms with Crippen LogP contribution in [0.4, 0.5) is 0 Å². The lowest BCUT2D eigenvalue weighted by Gasteiger charge is -2.31. The molecule has 5 aliphatic rings. The number of aliphatic hydroxyl groups is 1. The maximum Gasteiger partial charge on any atom is 0.343 e. The predicted octanol–water partition coefficient (Wildman–Crippen LogP) is 0.293. The highest BCUT2D eigenvalue weighted by Gasteiger charge is 2.46. The van der Waals surface area contributed by atoms with Crippen LogP contribution in [0.3, 0.4) is 0 Å². The van der Waals surface area contributed by atoms with Gasteiger partial charge in [0.2, 0.25) is 36.3 Å². The van der Waals surface area contributed by atoms with Gasteiger partial charge in [-0.3, -0.25) is 43.3 Å². The zero-order valence-electron chi connectivity index (χ0n) is 38.6. The first-order chi connectivity index (χ1) is 33.0. The molecule has 2 aromatic heterocycles. The second kappa shape index (κ2) is 19.8. The van der Waals surface area contributed by atoms with Gasteiger partial charge in [-0.1, -0.05) is 13.3 Å². The molecule has 4 aliphatic heterocycles. The fourth-order valence-corrected chi connectivity index (χ4v) is 8.78. The number of amides is 7. The maximum atomic E-state index is 13.9. The molecule has 1 aliphatic carbocycles. The molecule has 0 saturated heterocycles. The quantitative estimate of drug-likeness (QED) is 0.0301. The molecule has 6 heterocycles. The van der Waals surface area contributed by atoms with Gasteiger partial charge in [-0.15, -0.1) is 0 Å². The molecule has 22 nitrogen and oxygen atoms in total. The summed E-state index contributed by atoms with van der Waals surface area (Å²) >= 11 is 0. The van der Waals surface area contributed by atoms with Crippen LogP contribution < -0.4 is 41.6 Å². The number of imide groups is 1. The highest BCUT2D eigenvalue weighted by molar-refractivity contribution is 6.12. The molecule has 3 aromatic rings. The van der Waals surface area contributed by atoms with E-state index in [1.807, 2.05) is 0 Å². The summed E-state index contributed by atoms with van der Waals surface area (Å²) in [7, 11) is 0. The number of esters is 1. The van der Waals surface area contributed by atoms with Gasteiger partial charge in [0.15, 0.2) is 17.1 Å². The Hall–Kier alpha value is -7.20.